The third-order valence-electron chi connectivity index (χ3n) is 3.34. The number of benzene rings is 1. The Balaban J connectivity index is 2.22. The first-order valence-electron chi connectivity index (χ1n) is 5.52. The minimum absolute atomic E-state index is 0.461. The lowest BCUT2D eigenvalue weighted by Gasteiger charge is -2.24. The molecule has 1 saturated carbocycles. The number of aliphatic hydroxyl groups is 1. The van der Waals surface area contributed by atoms with Gasteiger partial charge < -0.3 is 10.0 Å². The lowest BCUT2D eigenvalue weighted by atomic mass is 9.91. The first-order chi connectivity index (χ1) is 7.01. The summed E-state index contributed by atoms with van der Waals surface area (Å²) >= 11 is 0. The second-order valence-electron chi connectivity index (χ2n) is 4.86. The Kier molecular flexibility index (Phi) is 2.47. The normalized spacial score (nSPS) is 19.7. The van der Waals surface area contributed by atoms with E-state index in [1.165, 1.54) is 5.69 Å². The minimum Gasteiger partial charge on any atom is -0.385 e. The van der Waals surface area contributed by atoms with Crippen molar-refractivity contribution in [3.05, 3.63) is 29.8 Å². The molecule has 0 aliphatic heterocycles. The molecule has 1 aromatic rings. The average molecular weight is 205 g/mol. The van der Waals surface area contributed by atoms with E-state index in [9.17, 15) is 5.11 Å². The third-order valence-corrected chi connectivity index (χ3v) is 3.34. The van der Waals surface area contributed by atoms with E-state index in [0.717, 1.165) is 18.4 Å². The maximum Gasteiger partial charge on any atom is 0.0896 e. The molecule has 0 bridgehead atoms. The van der Waals surface area contributed by atoms with Crippen molar-refractivity contribution in [3.8, 4) is 0 Å². The summed E-state index contributed by atoms with van der Waals surface area (Å²) < 4.78 is 0. The predicted molar refractivity (Wildman–Crippen MR) is 63.1 cm³/mol. The fraction of sp³-hybridized carbons (Fsp3) is 0.538. The number of anilines is 1. The summed E-state index contributed by atoms with van der Waals surface area (Å²) in [6.07, 6.45) is 2.31. The van der Waals surface area contributed by atoms with Gasteiger partial charge in [0.05, 0.1) is 5.60 Å². The average Bonchev–Trinajstić information content (AvgIpc) is 3.01. The summed E-state index contributed by atoms with van der Waals surface area (Å²) in [6.45, 7) is 1.93. The van der Waals surface area contributed by atoms with E-state index in [4.69, 9.17) is 0 Å². The molecule has 2 heteroatoms. The van der Waals surface area contributed by atoms with Crippen molar-refractivity contribution in [2.75, 3.05) is 19.0 Å². The largest absolute Gasteiger partial charge is 0.385 e. The number of hydrogen-bond donors (Lipinski definition) is 1. The van der Waals surface area contributed by atoms with Crippen molar-refractivity contribution >= 4 is 5.69 Å². The summed E-state index contributed by atoms with van der Waals surface area (Å²) in [5.41, 5.74) is 1.58. The SMILES string of the molecule is CN(C)c1ccc([C@](C)(O)C2CC2)cc1. The lowest BCUT2D eigenvalue weighted by molar-refractivity contribution is 0.0331. The van der Waals surface area contributed by atoms with Crippen molar-refractivity contribution in [1.29, 1.82) is 0 Å². The molecule has 0 heterocycles. The molecule has 15 heavy (non-hydrogen) atoms. The van der Waals surface area contributed by atoms with Crippen LogP contribution in [0.25, 0.3) is 0 Å². The predicted octanol–water partition coefficient (Wildman–Crippen LogP) is 2.37. The van der Waals surface area contributed by atoms with Gasteiger partial charge >= 0.3 is 0 Å². The van der Waals surface area contributed by atoms with Crippen LogP contribution in [0.15, 0.2) is 24.3 Å². The van der Waals surface area contributed by atoms with Crippen LogP contribution in [0.2, 0.25) is 0 Å². The van der Waals surface area contributed by atoms with E-state index in [2.05, 4.69) is 17.0 Å². The summed E-state index contributed by atoms with van der Waals surface area (Å²) in [5, 5.41) is 10.3. The summed E-state index contributed by atoms with van der Waals surface area (Å²) in [4.78, 5) is 2.07. The monoisotopic (exact) mass is 205 g/mol. The van der Waals surface area contributed by atoms with Gasteiger partial charge in [0.25, 0.3) is 0 Å². The van der Waals surface area contributed by atoms with E-state index in [0.29, 0.717) is 5.92 Å². The van der Waals surface area contributed by atoms with Crippen molar-refractivity contribution in [1.82, 2.24) is 0 Å². The Morgan fingerprint density at radius 3 is 2.13 bits per heavy atom. The van der Waals surface area contributed by atoms with Gasteiger partial charge in [-0.25, -0.2) is 0 Å². The van der Waals surface area contributed by atoms with Crippen LogP contribution in [-0.2, 0) is 5.60 Å². The summed E-state index contributed by atoms with van der Waals surface area (Å²) in [7, 11) is 4.04. The third kappa shape index (κ3) is 2.00. The van der Waals surface area contributed by atoms with Gasteiger partial charge in [0.15, 0.2) is 0 Å². The summed E-state index contributed by atoms with van der Waals surface area (Å²) in [6, 6.07) is 8.19. The first-order valence-corrected chi connectivity index (χ1v) is 5.52. The molecule has 2 rings (SSSR count). The van der Waals surface area contributed by atoms with Gasteiger partial charge in [-0.15, -0.1) is 0 Å². The minimum atomic E-state index is -0.634. The van der Waals surface area contributed by atoms with E-state index < -0.39 is 5.60 Å². The molecule has 1 fully saturated rings. The van der Waals surface area contributed by atoms with Crippen LogP contribution in [-0.4, -0.2) is 19.2 Å². The van der Waals surface area contributed by atoms with Crippen LogP contribution in [0.1, 0.15) is 25.3 Å². The molecule has 0 amide bonds. The molecule has 82 valence electrons. The topological polar surface area (TPSA) is 23.5 Å². The lowest BCUT2D eigenvalue weighted by Crippen LogP contribution is -2.23. The van der Waals surface area contributed by atoms with Gasteiger partial charge in [-0.2, -0.15) is 0 Å². The first kappa shape index (κ1) is 10.5. The molecular formula is C13H19NO. The van der Waals surface area contributed by atoms with Crippen molar-refractivity contribution in [2.45, 2.75) is 25.4 Å². The molecule has 1 aliphatic rings. The Hall–Kier alpha value is -1.02. The van der Waals surface area contributed by atoms with E-state index in [1.807, 2.05) is 33.2 Å². The van der Waals surface area contributed by atoms with Crippen molar-refractivity contribution < 1.29 is 5.11 Å². The molecule has 0 saturated heterocycles. The van der Waals surface area contributed by atoms with Gasteiger partial charge in [0, 0.05) is 19.8 Å². The maximum absolute atomic E-state index is 10.3. The number of nitrogens with zero attached hydrogens (tertiary/aromatic N) is 1. The van der Waals surface area contributed by atoms with Crippen LogP contribution in [0, 0.1) is 5.92 Å². The van der Waals surface area contributed by atoms with Gasteiger partial charge in [-0.3, -0.25) is 0 Å². The van der Waals surface area contributed by atoms with Gasteiger partial charge in [-0.05, 0) is 43.4 Å². The number of rotatable bonds is 3. The highest BCUT2D eigenvalue weighted by Crippen LogP contribution is 2.45. The molecule has 1 aliphatic carbocycles. The van der Waals surface area contributed by atoms with Crippen LogP contribution in [0.5, 0.6) is 0 Å². The zero-order valence-electron chi connectivity index (χ0n) is 9.70. The van der Waals surface area contributed by atoms with Crippen molar-refractivity contribution in [3.63, 3.8) is 0 Å². The highest BCUT2D eigenvalue weighted by Gasteiger charge is 2.40. The van der Waals surface area contributed by atoms with E-state index in [-0.39, 0.29) is 0 Å². The second-order valence-corrected chi connectivity index (χ2v) is 4.86. The van der Waals surface area contributed by atoms with Gasteiger partial charge in [0.1, 0.15) is 0 Å². The van der Waals surface area contributed by atoms with Crippen LogP contribution < -0.4 is 4.90 Å². The second kappa shape index (κ2) is 3.53. The van der Waals surface area contributed by atoms with Crippen LogP contribution in [0.4, 0.5) is 5.69 Å². The van der Waals surface area contributed by atoms with E-state index >= 15 is 0 Å². The Bertz CT molecular complexity index is 336. The Morgan fingerprint density at radius 1 is 1.20 bits per heavy atom. The molecule has 0 aromatic heterocycles. The maximum atomic E-state index is 10.3. The fourth-order valence-corrected chi connectivity index (χ4v) is 1.98. The van der Waals surface area contributed by atoms with Gasteiger partial charge in [0.2, 0.25) is 0 Å². The van der Waals surface area contributed by atoms with E-state index in [1.54, 1.807) is 0 Å². The summed E-state index contributed by atoms with van der Waals surface area (Å²) in [5.74, 6) is 0.461. The van der Waals surface area contributed by atoms with Crippen LogP contribution in [0.3, 0.4) is 0 Å². The molecule has 1 aromatic carbocycles. The quantitative estimate of drug-likeness (QED) is 0.819. The molecule has 0 spiro atoms. The molecule has 1 atom stereocenters. The molecule has 1 N–H and O–H groups in total. The molecule has 2 nitrogen and oxygen atoms in total. The highest BCUT2D eigenvalue weighted by atomic mass is 16.3. The Morgan fingerprint density at radius 2 is 1.73 bits per heavy atom. The van der Waals surface area contributed by atoms with Crippen molar-refractivity contribution in [2.24, 2.45) is 5.92 Å². The number of hydrogen-bond acceptors (Lipinski definition) is 2. The molecular weight excluding hydrogens is 186 g/mol. The smallest absolute Gasteiger partial charge is 0.0896 e. The van der Waals surface area contributed by atoms with Crippen LogP contribution >= 0.6 is 0 Å². The molecule has 0 radical (unpaired) electrons. The Labute approximate surface area is 91.5 Å². The highest BCUT2D eigenvalue weighted by molar-refractivity contribution is 5.47. The standard InChI is InChI=1S/C13H19NO/c1-13(15,10-4-5-10)11-6-8-12(9-7-11)14(2)3/h6-10,15H,4-5H2,1-3H3/t13-/m1/s1. The fourth-order valence-electron chi connectivity index (χ4n) is 1.98. The molecule has 0 unspecified atom stereocenters. The zero-order valence-corrected chi connectivity index (χ0v) is 9.70. The van der Waals surface area contributed by atoms with Gasteiger partial charge in [-0.1, -0.05) is 12.1 Å². The zero-order chi connectivity index (χ0) is 11.1.